The Labute approximate surface area is 192 Å². The van der Waals surface area contributed by atoms with Crippen molar-refractivity contribution < 1.29 is 0 Å². The number of allylic oxidation sites excluding steroid dienone is 4. The van der Waals surface area contributed by atoms with Crippen LogP contribution in [0.2, 0.25) is 0 Å². The van der Waals surface area contributed by atoms with Gasteiger partial charge in [0.25, 0.3) is 0 Å². The first-order valence-corrected chi connectivity index (χ1v) is 11.4. The lowest BCUT2D eigenvalue weighted by Crippen LogP contribution is -2.22. The zero-order valence-corrected chi connectivity index (χ0v) is 18.3. The minimum absolute atomic E-state index is 0.213. The summed E-state index contributed by atoms with van der Waals surface area (Å²) in [7, 11) is 0. The summed E-state index contributed by atoms with van der Waals surface area (Å²) in [5, 5.41) is 2.53. The monoisotopic (exact) mass is 419 g/mol. The second kappa shape index (κ2) is 6.61. The Kier molecular flexibility index (Phi) is 3.67. The van der Waals surface area contributed by atoms with E-state index in [1.807, 2.05) is 12.2 Å². The van der Waals surface area contributed by atoms with Crippen LogP contribution < -0.4 is 0 Å². The summed E-state index contributed by atoms with van der Waals surface area (Å²) in [5.41, 5.74) is 16.4. The van der Waals surface area contributed by atoms with Crippen LogP contribution >= 0.6 is 0 Å². The topological polar surface area (TPSA) is 4.93 Å². The van der Waals surface area contributed by atoms with Crippen molar-refractivity contribution in [1.82, 2.24) is 4.57 Å². The van der Waals surface area contributed by atoms with E-state index in [0.717, 1.165) is 5.70 Å². The molecule has 0 N–H and O–H groups in total. The normalized spacial score (nSPS) is 18.0. The molecule has 0 bridgehead atoms. The Bertz CT molecular complexity index is 1730. The van der Waals surface area contributed by atoms with E-state index in [0.29, 0.717) is 0 Å². The van der Waals surface area contributed by atoms with Gasteiger partial charge in [0.05, 0.1) is 16.7 Å². The highest BCUT2D eigenvalue weighted by Crippen LogP contribution is 2.54. The van der Waals surface area contributed by atoms with Crippen molar-refractivity contribution in [3.05, 3.63) is 137 Å². The molecule has 154 valence electrons. The van der Waals surface area contributed by atoms with Crippen LogP contribution in [-0.2, 0) is 5.41 Å². The maximum Gasteiger partial charge on any atom is 0.0973 e. The fraction of sp³-hybridized carbons (Fsp3) is 0.0625. The molecule has 0 amide bonds. The molecule has 0 radical (unpaired) electrons. The molecular formula is C32H21N. The van der Waals surface area contributed by atoms with Crippen LogP contribution in [0.5, 0.6) is 0 Å². The molecule has 1 nitrogen and oxygen atoms in total. The van der Waals surface area contributed by atoms with Gasteiger partial charge in [0.15, 0.2) is 0 Å². The van der Waals surface area contributed by atoms with E-state index < -0.39 is 0 Å². The van der Waals surface area contributed by atoms with Gasteiger partial charge in [-0.3, -0.25) is 0 Å². The quantitative estimate of drug-likeness (QED) is 0.257. The highest BCUT2D eigenvalue weighted by molar-refractivity contribution is 6.12. The summed E-state index contributed by atoms with van der Waals surface area (Å²) in [5.74, 6) is 0. The average molecular weight is 420 g/mol. The van der Waals surface area contributed by atoms with Gasteiger partial charge in [-0.1, -0.05) is 84.6 Å². The van der Waals surface area contributed by atoms with E-state index in [4.69, 9.17) is 0 Å². The van der Waals surface area contributed by atoms with Gasteiger partial charge in [-0.05, 0) is 70.8 Å². The second-order valence-electron chi connectivity index (χ2n) is 8.98. The zero-order valence-electron chi connectivity index (χ0n) is 18.3. The maximum atomic E-state index is 3.33. The van der Waals surface area contributed by atoms with Gasteiger partial charge in [0.1, 0.15) is 0 Å². The van der Waals surface area contributed by atoms with E-state index in [1.54, 1.807) is 0 Å². The van der Waals surface area contributed by atoms with Crippen LogP contribution in [-0.4, -0.2) is 4.57 Å². The molecule has 7 rings (SSSR count). The lowest BCUT2D eigenvalue weighted by Gasteiger charge is -2.28. The molecule has 33 heavy (non-hydrogen) atoms. The third kappa shape index (κ3) is 2.38. The highest BCUT2D eigenvalue weighted by atomic mass is 15.0. The summed E-state index contributed by atoms with van der Waals surface area (Å²) in [6.45, 7) is 2.37. The molecule has 1 unspecified atom stereocenters. The van der Waals surface area contributed by atoms with Crippen LogP contribution in [0.4, 0.5) is 0 Å². The summed E-state index contributed by atoms with van der Waals surface area (Å²) >= 11 is 0. The van der Waals surface area contributed by atoms with E-state index in [9.17, 15) is 0 Å². The van der Waals surface area contributed by atoms with Crippen molar-refractivity contribution in [2.24, 2.45) is 0 Å². The Morgan fingerprint density at radius 3 is 2.33 bits per heavy atom. The molecule has 5 aromatic rings. The van der Waals surface area contributed by atoms with Gasteiger partial charge in [0, 0.05) is 16.2 Å². The average Bonchev–Trinajstić information content (AvgIpc) is 3.34. The molecule has 2 aliphatic carbocycles. The number of fused-ring (bicyclic) bond motifs is 6. The predicted molar refractivity (Wildman–Crippen MR) is 137 cm³/mol. The van der Waals surface area contributed by atoms with Gasteiger partial charge in [-0.15, -0.1) is 0 Å². The highest BCUT2D eigenvalue weighted by Gasteiger charge is 2.41. The first-order chi connectivity index (χ1) is 16.3. The third-order valence-corrected chi connectivity index (χ3v) is 7.33. The van der Waals surface area contributed by atoms with Gasteiger partial charge < -0.3 is 4.57 Å². The number of rotatable bonds is 2. The zero-order chi connectivity index (χ0) is 22.0. The van der Waals surface area contributed by atoms with E-state index in [1.165, 1.54) is 49.6 Å². The molecule has 1 heterocycles. The van der Waals surface area contributed by atoms with Crippen molar-refractivity contribution in [1.29, 1.82) is 0 Å². The number of benzene rings is 4. The minimum Gasteiger partial charge on any atom is -0.302 e. The SMILES string of the molecule is CC1(c2ccccc2)c2ccccc2-c2cc3c4ccccc4n(C4=C=C=CC=C4)c3cc21. The lowest BCUT2D eigenvalue weighted by molar-refractivity contribution is 0.714. The maximum absolute atomic E-state index is 3.33. The molecule has 4 aromatic carbocycles. The molecule has 2 aliphatic rings. The van der Waals surface area contributed by atoms with Crippen molar-refractivity contribution in [3.8, 4) is 11.1 Å². The van der Waals surface area contributed by atoms with Gasteiger partial charge >= 0.3 is 0 Å². The molecule has 0 fully saturated rings. The van der Waals surface area contributed by atoms with Crippen LogP contribution in [0.1, 0.15) is 23.6 Å². The largest absolute Gasteiger partial charge is 0.302 e. The lowest BCUT2D eigenvalue weighted by atomic mass is 9.74. The van der Waals surface area contributed by atoms with Gasteiger partial charge in [-0.2, -0.15) is 0 Å². The van der Waals surface area contributed by atoms with E-state index in [2.05, 4.69) is 120 Å². The van der Waals surface area contributed by atoms with Crippen LogP contribution in [0.3, 0.4) is 0 Å². The minimum atomic E-state index is -0.213. The van der Waals surface area contributed by atoms with Crippen molar-refractivity contribution in [3.63, 3.8) is 0 Å². The van der Waals surface area contributed by atoms with Crippen molar-refractivity contribution in [2.75, 3.05) is 0 Å². The molecule has 1 atom stereocenters. The Hall–Kier alpha value is -4.28. The van der Waals surface area contributed by atoms with Crippen LogP contribution in [0, 0.1) is 0 Å². The Morgan fingerprint density at radius 2 is 1.48 bits per heavy atom. The summed E-state index contributed by atoms with van der Waals surface area (Å²) in [4.78, 5) is 0. The summed E-state index contributed by atoms with van der Waals surface area (Å²) < 4.78 is 2.33. The van der Waals surface area contributed by atoms with E-state index >= 15 is 0 Å². The smallest absolute Gasteiger partial charge is 0.0973 e. The van der Waals surface area contributed by atoms with Crippen molar-refractivity contribution in [2.45, 2.75) is 12.3 Å². The molecule has 0 saturated heterocycles. The first kappa shape index (κ1) is 18.3. The molecular weight excluding hydrogens is 398 g/mol. The fourth-order valence-electron chi connectivity index (χ4n) is 5.77. The molecule has 0 saturated carbocycles. The first-order valence-electron chi connectivity index (χ1n) is 11.4. The predicted octanol–water partition coefficient (Wildman–Crippen LogP) is 7.85. The Morgan fingerprint density at radius 1 is 0.697 bits per heavy atom. The summed E-state index contributed by atoms with van der Waals surface area (Å²) in [6.07, 6.45) is 6.04. The third-order valence-electron chi connectivity index (χ3n) is 7.33. The van der Waals surface area contributed by atoms with Crippen LogP contribution in [0.25, 0.3) is 38.6 Å². The molecule has 0 aliphatic heterocycles. The van der Waals surface area contributed by atoms with E-state index in [-0.39, 0.29) is 5.41 Å². The molecule has 0 spiro atoms. The number of aromatic nitrogens is 1. The number of nitrogens with zero attached hydrogens (tertiary/aromatic N) is 1. The van der Waals surface area contributed by atoms with Gasteiger partial charge in [-0.25, -0.2) is 0 Å². The number of hydrogen-bond acceptors (Lipinski definition) is 0. The second-order valence-corrected chi connectivity index (χ2v) is 8.98. The van der Waals surface area contributed by atoms with Crippen LogP contribution in [0.15, 0.2) is 121 Å². The molecule has 1 aromatic heterocycles. The molecule has 1 heteroatoms. The standard InChI is InChI=1S/C32H21N/c1-32(22-12-4-2-5-13-22)28-18-10-8-16-24(28)26-20-27-25-17-9-11-19-30(25)33(31(27)21-29(26)32)23-14-6-3-7-15-23/h2-6,8-14,16-21H,1H3. The van der Waals surface area contributed by atoms with Crippen molar-refractivity contribution >= 4 is 27.5 Å². The number of hydrogen-bond donors (Lipinski definition) is 0. The number of para-hydroxylation sites is 1. The Balaban J connectivity index is 1.66. The van der Waals surface area contributed by atoms with Gasteiger partial charge in [0.2, 0.25) is 0 Å². The fourth-order valence-corrected chi connectivity index (χ4v) is 5.77. The summed E-state index contributed by atoms with van der Waals surface area (Å²) in [6, 6.07) is 33.3.